The van der Waals surface area contributed by atoms with E-state index in [4.69, 9.17) is 0 Å². The van der Waals surface area contributed by atoms with Crippen molar-refractivity contribution in [1.82, 2.24) is 30.1 Å². The van der Waals surface area contributed by atoms with E-state index in [0.29, 0.717) is 35.6 Å². The van der Waals surface area contributed by atoms with Crippen molar-refractivity contribution in [3.8, 4) is 0 Å². The van der Waals surface area contributed by atoms with Crippen LogP contribution in [0.5, 0.6) is 0 Å². The van der Waals surface area contributed by atoms with Crippen LogP contribution in [-0.2, 0) is 6.54 Å². The molecule has 0 amide bonds. The van der Waals surface area contributed by atoms with Crippen molar-refractivity contribution >= 4 is 29.9 Å². The van der Waals surface area contributed by atoms with Crippen molar-refractivity contribution < 1.29 is 4.39 Å². The molecule has 3 aromatic heterocycles. The standard InChI is InChI=1S/C21H19FN8/c1-14-11-19(30-29-14)27-21-26-18(6-5-15-3-2-4-17(22)12-15)25-20(28-21)24-13-16-7-9-23-10-8-16/h2-12H,13H2,1H3,(H3,24,25,26,27,28,29,30)/b6-5+. The molecule has 1 aromatic carbocycles. The topological polar surface area (TPSA) is 104 Å². The van der Waals surface area contributed by atoms with Crippen LogP contribution < -0.4 is 10.6 Å². The van der Waals surface area contributed by atoms with Gasteiger partial charge in [-0.15, -0.1) is 0 Å². The van der Waals surface area contributed by atoms with Crippen LogP contribution in [0.3, 0.4) is 0 Å². The van der Waals surface area contributed by atoms with Gasteiger partial charge in [-0.05, 0) is 48.4 Å². The van der Waals surface area contributed by atoms with Crippen molar-refractivity contribution in [2.75, 3.05) is 10.6 Å². The van der Waals surface area contributed by atoms with E-state index in [1.54, 1.807) is 36.7 Å². The zero-order valence-electron chi connectivity index (χ0n) is 16.2. The second-order valence-corrected chi connectivity index (χ2v) is 6.50. The summed E-state index contributed by atoms with van der Waals surface area (Å²) in [5, 5.41) is 13.3. The maximum atomic E-state index is 13.4. The second kappa shape index (κ2) is 8.91. The third-order valence-corrected chi connectivity index (χ3v) is 4.07. The fourth-order valence-corrected chi connectivity index (χ4v) is 2.66. The third kappa shape index (κ3) is 5.22. The summed E-state index contributed by atoms with van der Waals surface area (Å²) in [5.74, 6) is 1.45. The molecule has 0 radical (unpaired) electrons. The Morgan fingerprint density at radius 1 is 1.00 bits per heavy atom. The molecule has 0 saturated carbocycles. The van der Waals surface area contributed by atoms with E-state index < -0.39 is 0 Å². The summed E-state index contributed by atoms with van der Waals surface area (Å²) in [6, 6.07) is 11.9. The summed E-state index contributed by atoms with van der Waals surface area (Å²) in [4.78, 5) is 17.3. The monoisotopic (exact) mass is 402 g/mol. The molecule has 3 N–H and O–H groups in total. The summed E-state index contributed by atoms with van der Waals surface area (Å²) in [5.41, 5.74) is 2.66. The number of hydrogen-bond donors (Lipinski definition) is 3. The highest BCUT2D eigenvalue weighted by molar-refractivity contribution is 5.67. The summed E-state index contributed by atoms with van der Waals surface area (Å²) in [6.07, 6.45) is 6.90. The number of pyridine rings is 1. The Kier molecular flexibility index (Phi) is 5.70. The Morgan fingerprint density at radius 3 is 2.60 bits per heavy atom. The van der Waals surface area contributed by atoms with Gasteiger partial charge in [0.05, 0.1) is 0 Å². The number of nitrogens with zero attached hydrogens (tertiary/aromatic N) is 5. The van der Waals surface area contributed by atoms with Gasteiger partial charge in [-0.3, -0.25) is 10.1 Å². The molecule has 30 heavy (non-hydrogen) atoms. The molecule has 0 saturated heterocycles. The van der Waals surface area contributed by atoms with Gasteiger partial charge in [0.25, 0.3) is 0 Å². The Labute approximate surface area is 172 Å². The van der Waals surface area contributed by atoms with Crippen LogP contribution in [0.4, 0.5) is 22.1 Å². The molecular formula is C21H19FN8. The lowest BCUT2D eigenvalue weighted by atomic mass is 10.2. The number of hydrogen-bond acceptors (Lipinski definition) is 7. The first-order valence-electron chi connectivity index (χ1n) is 9.25. The Morgan fingerprint density at radius 2 is 1.83 bits per heavy atom. The van der Waals surface area contributed by atoms with Crippen LogP contribution in [0.2, 0.25) is 0 Å². The van der Waals surface area contributed by atoms with Crippen molar-refractivity contribution in [3.05, 3.63) is 83.3 Å². The highest BCUT2D eigenvalue weighted by atomic mass is 19.1. The highest BCUT2D eigenvalue weighted by Crippen LogP contribution is 2.15. The molecular weight excluding hydrogens is 383 g/mol. The first kappa shape index (κ1) is 19.2. The van der Waals surface area contributed by atoms with E-state index in [2.05, 4.69) is 40.8 Å². The van der Waals surface area contributed by atoms with Gasteiger partial charge in [0, 0.05) is 30.7 Å². The minimum absolute atomic E-state index is 0.302. The van der Waals surface area contributed by atoms with Gasteiger partial charge in [-0.2, -0.15) is 20.1 Å². The highest BCUT2D eigenvalue weighted by Gasteiger charge is 2.07. The normalized spacial score (nSPS) is 11.0. The lowest BCUT2D eigenvalue weighted by molar-refractivity contribution is 0.627. The maximum absolute atomic E-state index is 13.4. The van der Waals surface area contributed by atoms with Crippen molar-refractivity contribution in [2.24, 2.45) is 0 Å². The van der Waals surface area contributed by atoms with Crippen LogP contribution in [0, 0.1) is 12.7 Å². The molecule has 4 aromatic rings. The van der Waals surface area contributed by atoms with Gasteiger partial charge in [-0.1, -0.05) is 18.2 Å². The number of aromatic amines is 1. The summed E-state index contributed by atoms with van der Waals surface area (Å²) >= 11 is 0. The smallest absolute Gasteiger partial charge is 0.233 e. The first-order valence-corrected chi connectivity index (χ1v) is 9.25. The SMILES string of the molecule is Cc1cc(Nc2nc(/C=C/c3cccc(F)c3)nc(NCc3ccncc3)n2)n[nH]1. The fourth-order valence-electron chi connectivity index (χ4n) is 2.66. The molecule has 9 heteroatoms. The molecule has 0 aliphatic rings. The lowest BCUT2D eigenvalue weighted by Crippen LogP contribution is -2.08. The molecule has 150 valence electrons. The lowest BCUT2D eigenvalue weighted by Gasteiger charge is -2.08. The molecule has 0 fully saturated rings. The van der Waals surface area contributed by atoms with E-state index >= 15 is 0 Å². The number of benzene rings is 1. The van der Waals surface area contributed by atoms with Gasteiger partial charge >= 0.3 is 0 Å². The van der Waals surface area contributed by atoms with Gasteiger partial charge in [0.2, 0.25) is 11.9 Å². The zero-order valence-corrected chi connectivity index (χ0v) is 16.2. The summed E-state index contributed by atoms with van der Waals surface area (Å²) in [7, 11) is 0. The van der Waals surface area contributed by atoms with Crippen molar-refractivity contribution in [1.29, 1.82) is 0 Å². The minimum Gasteiger partial charge on any atom is -0.350 e. The average Bonchev–Trinajstić information content (AvgIpc) is 3.16. The van der Waals surface area contributed by atoms with E-state index in [0.717, 1.165) is 11.3 Å². The molecule has 0 bridgehead atoms. The van der Waals surface area contributed by atoms with Crippen molar-refractivity contribution in [2.45, 2.75) is 13.5 Å². The van der Waals surface area contributed by atoms with E-state index in [-0.39, 0.29) is 5.82 Å². The molecule has 0 aliphatic carbocycles. The first-order chi connectivity index (χ1) is 14.6. The predicted molar refractivity (Wildman–Crippen MR) is 113 cm³/mol. The molecule has 3 heterocycles. The molecule has 8 nitrogen and oxygen atoms in total. The largest absolute Gasteiger partial charge is 0.350 e. The van der Waals surface area contributed by atoms with E-state index in [9.17, 15) is 4.39 Å². The molecule has 0 spiro atoms. The summed E-state index contributed by atoms with van der Waals surface area (Å²) in [6.45, 7) is 2.43. The second-order valence-electron chi connectivity index (χ2n) is 6.50. The van der Waals surface area contributed by atoms with Crippen LogP contribution in [0.1, 0.15) is 22.6 Å². The van der Waals surface area contributed by atoms with Crippen LogP contribution in [0.15, 0.2) is 54.9 Å². The predicted octanol–water partition coefficient (Wildman–Crippen LogP) is 3.96. The number of aryl methyl sites for hydroxylation is 1. The molecule has 0 unspecified atom stereocenters. The van der Waals surface area contributed by atoms with Gasteiger partial charge in [-0.25, -0.2) is 4.39 Å². The Balaban J connectivity index is 1.59. The van der Waals surface area contributed by atoms with E-state index in [1.165, 1.54) is 12.1 Å². The quantitative estimate of drug-likeness (QED) is 0.430. The summed E-state index contributed by atoms with van der Waals surface area (Å²) < 4.78 is 13.4. The van der Waals surface area contributed by atoms with Crippen LogP contribution >= 0.6 is 0 Å². The van der Waals surface area contributed by atoms with Crippen LogP contribution in [-0.4, -0.2) is 30.1 Å². The number of aromatic nitrogens is 6. The van der Waals surface area contributed by atoms with Crippen molar-refractivity contribution in [3.63, 3.8) is 0 Å². The van der Waals surface area contributed by atoms with Gasteiger partial charge in [0.15, 0.2) is 11.6 Å². The average molecular weight is 402 g/mol. The fraction of sp³-hybridized carbons (Fsp3) is 0.0952. The zero-order chi connectivity index (χ0) is 20.8. The minimum atomic E-state index is -0.302. The molecule has 0 atom stereocenters. The Hall–Kier alpha value is -4.14. The Bertz CT molecular complexity index is 1160. The van der Waals surface area contributed by atoms with Gasteiger partial charge in [0.1, 0.15) is 5.82 Å². The number of anilines is 3. The maximum Gasteiger partial charge on any atom is 0.233 e. The van der Waals surface area contributed by atoms with Gasteiger partial charge < -0.3 is 10.6 Å². The number of H-pyrrole nitrogens is 1. The number of nitrogens with one attached hydrogen (secondary N) is 3. The number of halogens is 1. The molecule has 4 rings (SSSR count). The third-order valence-electron chi connectivity index (χ3n) is 4.07. The van der Waals surface area contributed by atoms with Crippen LogP contribution in [0.25, 0.3) is 12.2 Å². The van der Waals surface area contributed by atoms with E-state index in [1.807, 2.05) is 25.1 Å². The number of rotatable bonds is 7. The molecule has 0 aliphatic heterocycles.